The lowest BCUT2D eigenvalue weighted by molar-refractivity contribution is -0.145. The average molecular weight is 373 g/mol. The second-order valence-corrected chi connectivity index (χ2v) is 7.29. The molecule has 1 amide bonds. The lowest BCUT2D eigenvalue weighted by Crippen LogP contribution is -2.49. The number of rotatable bonds is 14. The van der Waals surface area contributed by atoms with E-state index in [1.54, 1.807) is 7.11 Å². The van der Waals surface area contributed by atoms with Crippen LogP contribution in [-0.2, 0) is 19.1 Å². The summed E-state index contributed by atoms with van der Waals surface area (Å²) in [5, 5.41) is 21.9. The molecule has 2 atom stereocenters. The van der Waals surface area contributed by atoms with Crippen LogP contribution in [0.3, 0.4) is 0 Å². The maximum Gasteiger partial charge on any atom is 0.306 e. The molecule has 1 rings (SSSR count). The van der Waals surface area contributed by atoms with Gasteiger partial charge in [-0.3, -0.25) is 9.59 Å². The smallest absolute Gasteiger partial charge is 0.306 e. The van der Waals surface area contributed by atoms with Crippen molar-refractivity contribution in [3.8, 4) is 0 Å². The van der Waals surface area contributed by atoms with Crippen molar-refractivity contribution >= 4 is 11.9 Å². The summed E-state index contributed by atoms with van der Waals surface area (Å²) in [7, 11) is 1.54. The van der Waals surface area contributed by atoms with Gasteiger partial charge in [0, 0.05) is 20.3 Å². The van der Waals surface area contributed by atoms with Crippen LogP contribution < -0.4 is 5.32 Å². The Morgan fingerprint density at radius 3 is 2.46 bits per heavy atom. The van der Waals surface area contributed by atoms with Crippen molar-refractivity contribution in [3.05, 3.63) is 0 Å². The van der Waals surface area contributed by atoms with Crippen molar-refractivity contribution in [3.63, 3.8) is 0 Å². The molecule has 1 aliphatic carbocycles. The van der Waals surface area contributed by atoms with Gasteiger partial charge in [-0.15, -0.1) is 0 Å². The van der Waals surface area contributed by atoms with Crippen molar-refractivity contribution in [2.75, 3.05) is 33.5 Å². The highest BCUT2D eigenvalue weighted by Crippen LogP contribution is 2.44. The van der Waals surface area contributed by atoms with Gasteiger partial charge in [0.05, 0.1) is 30.6 Å². The summed E-state index contributed by atoms with van der Waals surface area (Å²) < 4.78 is 10.5. The molecule has 0 saturated heterocycles. The molecule has 0 aromatic rings. The molecular weight excluding hydrogens is 338 g/mol. The average Bonchev–Trinajstić information content (AvgIpc) is 3.10. The number of amides is 1. The second kappa shape index (κ2) is 12.3. The van der Waals surface area contributed by atoms with E-state index >= 15 is 0 Å². The van der Waals surface area contributed by atoms with E-state index in [2.05, 4.69) is 12.2 Å². The van der Waals surface area contributed by atoms with Crippen molar-refractivity contribution in [2.45, 2.75) is 64.3 Å². The summed E-state index contributed by atoms with van der Waals surface area (Å²) in [5.41, 5.74) is -0.673. The predicted octanol–water partition coefficient (Wildman–Crippen LogP) is 1.97. The Labute approximate surface area is 156 Å². The molecule has 1 aliphatic rings. The fourth-order valence-electron chi connectivity index (χ4n) is 3.57. The Kier molecular flexibility index (Phi) is 10.8. The molecule has 0 bridgehead atoms. The van der Waals surface area contributed by atoms with Gasteiger partial charge in [-0.05, 0) is 32.1 Å². The molecule has 1 saturated carbocycles. The number of hydrogen-bond acceptors (Lipinski definition) is 5. The number of methoxy groups -OCH3 is 1. The van der Waals surface area contributed by atoms with E-state index in [4.69, 9.17) is 9.47 Å². The fraction of sp³-hybridized carbons (Fsp3) is 0.895. The number of carboxylic acid groups (broad SMARTS) is 1. The molecule has 2 unspecified atom stereocenters. The number of aliphatic hydroxyl groups is 1. The third-order valence-electron chi connectivity index (χ3n) is 5.22. The number of carbonyl (C=O) groups is 2. The minimum absolute atomic E-state index is 0.156. The number of ether oxygens (including phenoxy) is 2. The number of aliphatic hydroxyl groups excluding tert-OH is 1. The van der Waals surface area contributed by atoms with Crippen molar-refractivity contribution in [1.29, 1.82) is 0 Å². The third kappa shape index (κ3) is 7.21. The first-order valence-electron chi connectivity index (χ1n) is 9.70. The maximum absolute atomic E-state index is 13.0. The molecule has 26 heavy (non-hydrogen) atoms. The molecular formula is C19H35NO6. The maximum atomic E-state index is 13.0. The van der Waals surface area contributed by atoms with Gasteiger partial charge in [-0.1, -0.05) is 26.2 Å². The molecule has 0 heterocycles. The van der Waals surface area contributed by atoms with Gasteiger partial charge in [-0.25, -0.2) is 0 Å². The minimum Gasteiger partial charge on any atom is -0.481 e. The van der Waals surface area contributed by atoms with Crippen molar-refractivity contribution < 1.29 is 29.3 Å². The van der Waals surface area contributed by atoms with Crippen LogP contribution in [0, 0.1) is 11.3 Å². The number of aliphatic carboxylic acids is 1. The van der Waals surface area contributed by atoms with E-state index < -0.39 is 23.3 Å². The van der Waals surface area contributed by atoms with Crippen LogP contribution in [0.25, 0.3) is 0 Å². The summed E-state index contributed by atoms with van der Waals surface area (Å²) in [5.74, 6) is -1.65. The Morgan fingerprint density at radius 1 is 1.23 bits per heavy atom. The zero-order valence-corrected chi connectivity index (χ0v) is 16.2. The topological polar surface area (TPSA) is 105 Å². The molecule has 3 N–H and O–H groups in total. The van der Waals surface area contributed by atoms with E-state index in [-0.39, 0.29) is 19.1 Å². The van der Waals surface area contributed by atoms with E-state index in [0.29, 0.717) is 38.9 Å². The van der Waals surface area contributed by atoms with Crippen LogP contribution in [-0.4, -0.2) is 61.7 Å². The lowest BCUT2D eigenvalue weighted by atomic mass is 9.76. The highest BCUT2D eigenvalue weighted by atomic mass is 16.5. The van der Waals surface area contributed by atoms with Crippen LogP contribution in [0.15, 0.2) is 0 Å². The molecule has 0 aliphatic heterocycles. The molecule has 152 valence electrons. The number of carbonyl (C=O) groups excluding carboxylic acids is 1. The summed E-state index contributed by atoms with van der Waals surface area (Å²) in [6.07, 6.45) is 5.88. The lowest BCUT2D eigenvalue weighted by Gasteiger charge is -2.32. The Bertz CT molecular complexity index is 422. The van der Waals surface area contributed by atoms with Crippen LogP contribution in [0.5, 0.6) is 0 Å². The zero-order chi connectivity index (χ0) is 19.4. The Morgan fingerprint density at radius 2 is 1.92 bits per heavy atom. The molecule has 1 fully saturated rings. The van der Waals surface area contributed by atoms with Gasteiger partial charge in [0.1, 0.15) is 0 Å². The third-order valence-corrected chi connectivity index (χ3v) is 5.22. The van der Waals surface area contributed by atoms with Gasteiger partial charge in [0.2, 0.25) is 5.91 Å². The van der Waals surface area contributed by atoms with Crippen LogP contribution in [0.4, 0.5) is 0 Å². The summed E-state index contributed by atoms with van der Waals surface area (Å²) >= 11 is 0. The second-order valence-electron chi connectivity index (χ2n) is 7.29. The fourth-order valence-corrected chi connectivity index (χ4v) is 3.57. The van der Waals surface area contributed by atoms with E-state index in [0.717, 1.165) is 25.7 Å². The van der Waals surface area contributed by atoms with Gasteiger partial charge < -0.3 is 25.0 Å². The number of unbranched alkanes of at least 4 members (excludes halogenated alkanes) is 1. The van der Waals surface area contributed by atoms with Gasteiger partial charge >= 0.3 is 5.97 Å². The van der Waals surface area contributed by atoms with Crippen LogP contribution in [0.1, 0.15) is 58.3 Å². The quantitative estimate of drug-likeness (QED) is 0.402. The van der Waals surface area contributed by atoms with Crippen molar-refractivity contribution in [1.82, 2.24) is 5.32 Å². The Hall–Kier alpha value is -1.18. The number of hydrogen-bond donors (Lipinski definition) is 3. The normalized spacial score (nSPS) is 18.4. The zero-order valence-electron chi connectivity index (χ0n) is 16.2. The molecule has 0 radical (unpaired) electrons. The highest BCUT2D eigenvalue weighted by Gasteiger charge is 2.44. The summed E-state index contributed by atoms with van der Waals surface area (Å²) in [6.45, 7) is 3.11. The molecule has 0 aromatic heterocycles. The first-order chi connectivity index (χ1) is 12.5. The Balaban J connectivity index is 2.70. The van der Waals surface area contributed by atoms with Gasteiger partial charge in [0.25, 0.3) is 0 Å². The minimum atomic E-state index is -0.886. The SMILES string of the molecule is CCCCOCC(CO)NC(=O)C1(CC(CCOC)C(=O)O)CCCC1. The van der Waals surface area contributed by atoms with Crippen LogP contribution >= 0.6 is 0 Å². The molecule has 0 aromatic carbocycles. The van der Waals surface area contributed by atoms with Gasteiger partial charge in [0.15, 0.2) is 0 Å². The standard InChI is InChI=1S/C19H35NO6/c1-3-4-10-26-14-16(13-21)20-18(24)19(8-5-6-9-19)12-15(17(22)23)7-11-25-2/h15-16,21H,3-14H2,1-2H3,(H,20,24)(H,22,23). The largest absolute Gasteiger partial charge is 0.481 e. The number of nitrogens with one attached hydrogen (secondary N) is 1. The molecule has 0 spiro atoms. The van der Waals surface area contributed by atoms with E-state index in [9.17, 15) is 19.8 Å². The monoisotopic (exact) mass is 373 g/mol. The predicted molar refractivity (Wildman–Crippen MR) is 97.9 cm³/mol. The van der Waals surface area contributed by atoms with Crippen LogP contribution in [0.2, 0.25) is 0 Å². The van der Waals surface area contributed by atoms with Crippen molar-refractivity contribution in [2.24, 2.45) is 11.3 Å². The number of carboxylic acids is 1. The first-order valence-corrected chi connectivity index (χ1v) is 9.70. The first kappa shape index (κ1) is 22.9. The van der Waals surface area contributed by atoms with E-state index in [1.807, 2.05) is 0 Å². The molecule has 7 heteroatoms. The molecule has 7 nitrogen and oxygen atoms in total. The highest BCUT2D eigenvalue weighted by molar-refractivity contribution is 5.84. The summed E-state index contributed by atoms with van der Waals surface area (Å²) in [4.78, 5) is 24.5. The van der Waals surface area contributed by atoms with E-state index in [1.165, 1.54) is 0 Å². The summed E-state index contributed by atoms with van der Waals surface area (Å²) in [6, 6.07) is -0.459. The van der Waals surface area contributed by atoms with Gasteiger partial charge in [-0.2, -0.15) is 0 Å².